The van der Waals surface area contributed by atoms with Gasteiger partial charge in [-0.1, -0.05) is 18.2 Å². The van der Waals surface area contributed by atoms with Crippen LogP contribution in [0.25, 0.3) is 0 Å². The van der Waals surface area contributed by atoms with Crippen LogP contribution in [0.2, 0.25) is 0 Å². The third-order valence-corrected chi connectivity index (χ3v) is 6.73. The highest BCUT2D eigenvalue weighted by Crippen LogP contribution is 2.26. The monoisotopic (exact) mass is 379 g/mol. The fraction of sp³-hybridized carbons (Fsp3) is 0.188. The van der Waals surface area contributed by atoms with Crippen molar-refractivity contribution in [1.29, 1.82) is 5.26 Å². The fourth-order valence-corrected chi connectivity index (χ4v) is 4.16. The molecule has 0 aromatic heterocycles. The average molecular weight is 379 g/mol. The average Bonchev–Trinajstić information content (AvgIpc) is 2.59. The number of nitrogens with zero attached hydrogens (tertiary/aromatic N) is 2. The first kappa shape index (κ1) is 19.1. The van der Waals surface area contributed by atoms with Gasteiger partial charge in [0.15, 0.2) is 0 Å². The molecule has 2 aromatic rings. The van der Waals surface area contributed by atoms with Crippen molar-refractivity contribution in [2.24, 2.45) is 5.14 Å². The molecule has 0 radical (unpaired) electrons. The predicted octanol–water partition coefficient (Wildman–Crippen LogP) is 1.59. The molecule has 0 heterocycles. The summed E-state index contributed by atoms with van der Waals surface area (Å²) >= 11 is 0. The summed E-state index contributed by atoms with van der Waals surface area (Å²) in [6.45, 7) is 1.68. The normalized spacial score (nSPS) is 13.4. The standard InChI is InChI=1S/C16H17N3O4S2/c1-12(14-6-8-15(9-7-14)24(18,20)21)19(2)25(22,23)16-5-3-4-13(10-16)11-17/h3-10,12H,1-2H3,(H2,18,20,21). The summed E-state index contributed by atoms with van der Waals surface area (Å²) in [7, 11) is -6.20. The van der Waals surface area contributed by atoms with Gasteiger partial charge in [-0.2, -0.15) is 9.57 Å². The van der Waals surface area contributed by atoms with Gasteiger partial charge in [0.1, 0.15) is 0 Å². The summed E-state index contributed by atoms with van der Waals surface area (Å²) in [4.78, 5) is -0.0299. The van der Waals surface area contributed by atoms with Crippen LogP contribution in [0.1, 0.15) is 24.1 Å². The van der Waals surface area contributed by atoms with Gasteiger partial charge in [0.25, 0.3) is 0 Å². The van der Waals surface area contributed by atoms with E-state index in [2.05, 4.69) is 0 Å². The highest BCUT2D eigenvalue weighted by atomic mass is 32.2. The van der Waals surface area contributed by atoms with Gasteiger partial charge in [0.05, 0.1) is 21.4 Å². The molecule has 2 N–H and O–H groups in total. The van der Waals surface area contributed by atoms with Gasteiger partial charge in [0.2, 0.25) is 20.0 Å². The van der Waals surface area contributed by atoms with Crippen molar-refractivity contribution < 1.29 is 16.8 Å². The molecule has 0 bridgehead atoms. The number of sulfonamides is 2. The lowest BCUT2D eigenvalue weighted by molar-refractivity contribution is 0.398. The number of nitrogens with two attached hydrogens (primary N) is 1. The van der Waals surface area contributed by atoms with Gasteiger partial charge >= 0.3 is 0 Å². The smallest absolute Gasteiger partial charge is 0.225 e. The largest absolute Gasteiger partial charge is 0.243 e. The van der Waals surface area contributed by atoms with Crippen molar-refractivity contribution in [2.75, 3.05) is 7.05 Å². The Morgan fingerprint density at radius 2 is 1.64 bits per heavy atom. The van der Waals surface area contributed by atoms with Crippen LogP contribution in [0.15, 0.2) is 58.3 Å². The van der Waals surface area contributed by atoms with Crippen LogP contribution in [0, 0.1) is 11.3 Å². The van der Waals surface area contributed by atoms with Crippen LogP contribution in [-0.2, 0) is 20.0 Å². The maximum Gasteiger partial charge on any atom is 0.243 e. The van der Waals surface area contributed by atoms with Crippen molar-refractivity contribution in [2.45, 2.75) is 22.8 Å². The van der Waals surface area contributed by atoms with Crippen LogP contribution in [0.5, 0.6) is 0 Å². The Balaban J connectivity index is 2.35. The highest BCUT2D eigenvalue weighted by Gasteiger charge is 2.26. The minimum atomic E-state index is -3.82. The van der Waals surface area contributed by atoms with Gasteiger partial charge in [-0.25, -0.2) is 22.0 Å². The lowest BCUT2D eigenvalue weighted by atomic mass is 10.1. The van der Waals surface area contributed by atoms with Gasteiger partial charge < -0.3 is 0 Å². The van der Waals surface area contributed by atoms with E-state index >= 15 is 0 Å². The van der Waals surface area contributed by atoms with Crippen molar-refractivity contribution in [3.63, 3.8) is 0 Å². The molecule has 0 spiro atoms. The van der Waals surface area contributed by atoms with Crippen molar-refractivity contribution in [1.82, 2.24) is 4.31 Å². The molecule has 1 unspecified atom stereocenters. The van der Waals surface area contributed by atoms with Crippen LogP contribution in [0.4, 0.5) is 0 Å². The molecule has 0 aliphatic carbocycles. The summed E-state index contributed by atoms with van der Waals surface area (Å²) < 4.78 is 49.2. The minimum Gasteiger partial charge on any atom is -0.225 e. The van der Waals surface area contributed by atoms with Crippen molar-refractivity contribution in [3.05, 3.63) is 59.7 Å². The molecule has 0 amide bonds. The van der Waals surface area contributed by atoms with Gasteiger partial charge in [0, 0.05) is 13.1 Å². The van der Waals surface area contributed by atoms with Crippen LogP contribution >= 0.6 is 0 Å². The number of hydrogen-bond donors (Lipinski definition) is 1. The topological polar surface area (TPSA) is 121 Å². The Kier molecular flexibility index (Phi) is 5.29. The summed E-state index contributed by atoms with van der Waals surface area (Å²) in [6, 6.07) is 12.8. The Bertz CT molecular complexity index is 1020. The number of benzene rings is 2. The molecule has 0 saturated heterocycles. The van der Waals surface area contributed by atoms with Gasteiger partial charge in [-0.05, 0) is 42.8 Å². The third-order valence-electron chi connectivity index (χ3n) is 3.88. The first-order valence-electron chi connectivity index (χ1n) is 7.18. The van der Waals surface area contributed by atoms with E-state index < -0.39 is 26.1 Å². The van der Waals surface area contributed by atoms with Crippen molar-refractivity contribution in [3.8, 4) is 6.07 Å². The highest BCUT2D eigenvalue weighted by molar-refractivity contribution is 7.89. The molecule has 2 aromatic carbocycles. The summed E-state index contributed by atoms with van der Waals surface area (Å²) in [5.41, 5.74) is 0.856. The maximum absolute atomic E-state index is 12.7. The number of hydrogen-bond acceptors (Lipinski definition) is 5. The number of primary sulfonamides is 1. The van der Waals surface area contributed by atoms with E-state index in [1.54, 1.807) is 6.92 Å². The van der Waals surface area contributed by atoms with E-state index in [4.69, 9.17) is 10.4 Å². The van der Waals surface area contributed by atoms with E-state index in [0.29, 0.717) is 5.56 Å². The van der Waals surface area contributed by atoms with Crippen LogP contribution in [0.3, 0.4) is 0 Å². The Labute approximate surface area is 147 Å². The lowest BCUT2D eigenvalue weighted by Crippen LogP contribution is -2.30. The summed E-state index contributed by atoms with van der Waals surface area (Å²) in [5, 5.41) is 14.0. The van der Waals surface area contributed by atoms with Gasteiger partial charge in [-0.15, -0.1) is 0 Å². The lowest BCUT2D eigenvalue weighted by Gasteiger charge is -2.25. The van der Waals surface area contributed by atoms with E-state index in [1.165, 1.54) is 55.6 Å². The van der Waals surface area contributed by atoms with Crippen LogP contribution in [-0.4, -0.2) is 28.2 Å². The molecule has 0 aliphatic heterocycles. The Morgan fingerprint density at radius 3 is 2.16 bits per heavy atom. The zero-order chi connectivity index (χ0) is 18.8. The maximum atomic E-state index is 12.7. The Hall–Kier alpha value is -2.25. The molecule has 9 heteroatoms. The zero-order valence-electron chi connectivity index (χ0n) is 13.6. The summed E-state index contributed by atoms with van der Waals surface area (Å²) in [5.74, 6) is 0. The second-order valence-corrected chi connectivity index (χ2v) is 9.01. The number of rotatable bonds is 5. The molecular weight excluding hydrogens is 362 g/mol. The fourth-order valence-electron chi connectivity index (χ4n) is 2.25. The minimum absolute atomic E-state index is 0.0158. The quantitative estimate of drug-likeness (QED) is 0.845. The van der Waals surface area contributed by atoms with Crippen molar-refractivity contribution >= 4 is 20.0 Å². The number of nitriles is 1. The third kappa shape index (κ3) is 4.05. The van der Waals surface area contributed by atoms with Gasteiger partial charge in [-0.3, -0.25) is 0 Å². The molecule has 25 heavy (non-hydrogen) atoms. The molecule has 0 aliphatic rings. The van der Waals surface area contributed by atoms with E-state index in [1.807, 2.05) is 6.07 Å². The van der Waals surface area contributed by atoms with E-state index in [-0.39, 0.29) is 15.4 Å². The molecule has 7 nitrogen and oxygen atoms in total. The SMILES string of the molecule is CC(c1ccc(S(N)(=O)=O)cc1)N(C)S(=O)(=O)c1cccc(C#N)c1. The summed E-state index contributed by atoms with van der Waals surface area (Å²) in [6.07, 6.45) is 0. The van der Waals surface area contributed by atoms with E-state index in [0.717, 1.165) is 4.31 Å². The molecule has 0 saturated carbocycles. The molecule has 0 fully saturated rings. The molecule has 2 rings (SSSR count). The molecule has 1 atom stereocenters. The zero-order valence-corrected chi connectivity index (χ0v) is 15.3. The first-order chi connectivity index (χ1) is 11.6. The second kappa shape index (κ2) is 6.93. The predicted molar refractivity (Wildman–Crippen MR) is 92.3 cm³/mol. The second-order valence-electron chi connectivity index (χ2n) is 5.45. The Morgan fingerprint density at radius 1 is 1.04 bits per heavy atom. The molecular formula is C16H17N3O4S2. The molecule has 132 valence electrons. The van der Waals surface area contributed by atoms with E-state index in [9.17, 15) is 16.8 Å². The first-order valence-corrected chi connectivity index (χ1v) is 10.2. The van der Waals surface area contributed by atoms with Crippen LogP contribution < -0.4 is 5.14 Å².